The number of hydrogen-bond acceptors (Lipinski definition) is 9. The van der Waals surface area contributed by atoms with Gasteiger partial charge in [-0.25, -0.2) is 14.6 Å². The molecule has 0 saturated heterocycles. The number of carboxylic acids is 1. The fourth-order valence-corrected chi connectivity index (χ4v) is 5.07. The van der Waals surface area contributed by atoms with E-state index in [4.69, 9.17) is 14.5 Å². The van der Waals surface area contributed by atoms with Gasteiger partial charge in [-0.05, 0) is 50.7 Å². The summed E-state index contributed by atoms with van der Waals surface area (Å²) in [6, 6.07) is 5.51. The molecule has 35 heavy (non-hydrogen) atoms. The van der Waals surface area contributed by atoms with Crippen LogP contribution in [0.1, 0.15) is 37.1 Å². The number of aliphatic carboxylic acids is 1. The Kier molecular flexibility index (Phi) is 5.27. The van der Waals surface area contributed by atoms with E-state index >= 15 is 0 Å². The Balaban J connectivity index is 1.15. The third kappa shape index (κ3) is 4.26. The highest BCUT2D eigenvalue weighted by Crippen LogP contribution is 2.58. The second kappa shape index (κ2) is 8.47. The number of nitrogens with zero attached hydrogens (tertiary/aromatic N) is 6. The molecule has 3 aromatic heterocycles. The first-order chi connectivity index (χ1) is 17.0. The van der Waals surface area contributed by atoms with Gasteiger partial charge in [0.05, 0.1) is 29.5 Å². The second-order valence-corrected chi connectivity index (χ2v) is 9.52. The van der Waals surface area contributed by atoms with E-state index in [0.717, 1.165) is 37.1 Å². The first-order valence-corrected chi connectivity index (χ1v) is 12.0. The van der Waals surface area contributed by atoms with Crippen molar-refractivity contribution in [3.05, 3.63) is 35.8 Å². The quantitative estimate of drug-likeness (QED) is 0.473. The second-order valence-electron chi connectivity index (χ2n) is 9.52. The number of nitrogens with one attached hydrogen (secondary N) is 1. The van der Waals surface area contributed by atoms with E-state index in [1.54, 1.807) is 16.9 Å². The molecule has 3 heterocycles. The molecule has 6 rings (SSSR count). The molecule has 0 aromatic carbocycles. The molecule has 2 N–H and O–H groups in total. The molecule has 3 aliphatic rings. The Hall–Kier alpha value is -3.76. The van der Waals surface area contributed by atoms with Gasteiger partial charge in [0.25, 0.3) is 0 Å². The van der Waals surface area contributed by atoms with Gasteiger partial charge in [0.1, 0.15) is 23.7 Å². The first-order valence-electron chi connectivity index (χ1n) is 12.0. The van der Waals surface area contributed by atoms with E-state index in [1.807, 2.05) is 26.1 Å². The van der Waals surface area contributed by atoms with Crippen LogP contribution in [0.5, 0.6) is 11.6 Å². The summed E-state index contributed by atoms with van der Waals surface area (Å²) >= 11 is 0. The van der Waals surface area contributed by atoms with Crippen LogP contribution in [-0.2, 0) is 18.4 Å². The van der Waals surface area contributed by atoms with Gasteiger partial charge < -0.3 is 19.9 Å². The SMILES string of the molecule is Cc1nc(-c2nnn(C)c2CNc2nccc(OC3CC3)n2)ccc1OC1CC[C@H]2C(C(=O)O)[C@@H]12. The van der Waals surface area contributed by atoms with Crippen molar-refractivity contribution in [1.82, 2.24) is 29.9 Å². The van der Waals surface area contributed by atoms with Crippen molar-refractivity contribution in [2.24, 2.45) is 24.8 Å². The van der Waals surface area contributed by atoms with Gasteiger partial charge in [0.2, 0.25) is 11.8 Å². The van der Waals surface area contributed by atoms with Crippen molar-refractivity contribution >= 4 is 11.9 Å². The molecule has 2 unspecified atom stereocenters. The third-order valence-electron chi connectivity index (χ3n) is 7.09. The molecule has 0 radical (unpaired) electrons. The van der Waals surface area contributed by atoms with Crippen LogP contribution in [0.25, 0.3) is 11.4 Å². The number of anilines is 1. The largest absolute Gasteiger partial charge is 0.488 e. The monoisotopic (exact) mass is 477 g/mol. The number of rotatable bonds is 9. The van der Waals surface area contributed by atoms with Gasteiger partial charge in [0, 0.05) is 25.2 Å². The van der Waals surface area contributed by atoms with Gasteiger partial charge in [-0.3, -0.25) is 4.79 Å². The van der Waals surface area contributed by atoms with Gasteiger partial charge in [-0.1, -0.05) is 5.21 Å². The number of hydrogen-bond donors (Lipinski definition) is 2. The summed E-state index contributed by atoms with van der Waals surface area (Å²) in [5.74, 6) is 1.10. The normalized spacial score (nSPS) is 24.6. The average Bonchev–Trinajstić information content (AvgIpc) is 3.72. The summed E-state index contributed by atoms with van der Waals surface area (Å²) in [4.78, 5) is 24.8. The van der Waals surface area contributed by atoms with Crippen LogP contribution in [0.15, 0.2) is 24.4 Å². The lowest BCUT2D eigenvalue weighted by molar-refractivity contribution is -0.139. The van der Waals surface area contributed by atoms with E-state index in [9.17, 15) is 9.90 Å². The number of aryl methyl sites for hydroxylation is 2. The topological polar surface area (TPSA) is 137 Å². The third-order valence-corrected chi connectivity index (χ3v) is 7.09. The van der Waals surface area contributed by atoms with Gasteiger partial charge >= 0.3 is 5.97 Å². The lowest BCUT2D eigenvalue weighted by atomic mass is 10.1. The van der Waals surface area contributed by atoms with Crippen LogP contribution in [0, 0.1) is 24.7 Å². The van der Waals surface area contributed by atoms with Crippen molar-refractivity contribution in [2.75, 3.05) is 5.32 Å². The maximum atomic E-state index is 11.4. The summed E-state index contributed by atoms with van der Waals surface area (Å²) < 4.78 is 13.7. The van der Waals surface area contributed by atoms with Crippen molar-refractivity contribution in [1.29, 1.82) is 0 Å². The molecule has 4 atom stereocenters. The number of ether oxygens (including phenoxy) is 2. The molecule has 0 aliphatic heterocycles. The van der Waals surface area contributed by atoms with Gasteiger partial charge in [-0.2, -0.15) is 4.98 Å². The number of pyridine rings is 1. The van der Waals surface area contributed by atoms with Gasteiger partial charge in [0.15, 0.2) is 0 Å². The van der Waals surface area contributed by atoms with E-state index in [1.165, 1.54) is 0 Å². The molecule has 3 aromatic rings. The highest BCUT2D eigenvalue weighted by molar-refractivity contribution is 5.75. The molecule has 11 heteroatoms. The Morgan fingerprint density at radius 1 is 1.17 bits per heavy atom. The maximum Gasteiger partial charge on any atom is 0.307 e. The molecule has 0 spiro atoms. The predicted octanol–water partition coefficient (Wildman–Crippen LogP) is 2.62. The molecular formula is C24H27N7O4. The van der Waals surface area contributed by atoms with Crippen LogP contribution in [0.3, 0.4) is 0 Å². The van der Waals surface area contributed by atoms with Crippen molar-refractivity contribution in [3.63, 3.8) is 0 Å². The minimum Gasteiger partial charge on any atom is -0.488 e. The minimum atomic E-state index is -0.713. The fourth-order valence-electron chi connectivity index (χ4n) is 5.07. The van der Waals surface area contributed by atoms with Crippen LogP contribution in [0.4, 0.5) is 5.95 Å². The summed E-state index contributed by atoms with van der Waals surface area (Å²) in [6.07, 6.45) is 5.80. The molecule has 3 fully saturated rings. The van der Waals surface area contributed by atoms with E-state index in [-0.39, 0.29) is 30.0 Å². The van der Waals surface area contributed by atoms with Crippen LogP contribution in [-0.4, -0.2) is 53.2 Å². The van der Waals surface area contributed by atoms with Crippen molar-refractivity contribution in [3.8, 4) is 23.0 Å². The lowest BCUT2D eigenvalue weighted by Crippen LogP contribution is -2.20. The highest BCUT2D eigenvalue weighted by Gasteiger charge is 2.63. The van der Waals surface area contributed by atoms with Crippen molar-refractivity contribution in [2.45, 2.75) is 51.4 Å². The minimum absolute atomic E-state index is 0.0663. The summed E-state index contributed by atoms with van der Waals surface area (Å²) in [6.45, 7) is 2.30. The summed E-state index contributed by atoms with van der Waals surface area (Å²) in [5, 5.41) is 21.1. The predicted molar refractivity (Wildman–Crippen MR) is 124 cm³/mol. The van der Waals surface area contributed by atoms with Crippen LogP contribution < -0.4 is 14.8 Å². The molecule has 0 bridgehead atoms. The summed E-state index contributed by atoms with van der Waals surface area (Å²) in [5.41, 5.74) is 2.92. The number of aromatic nitrogens is 6. The zero-order chi connectivity index (χ0) is 24.1. The Morgan fingerprint density at radius 3 is 2.77 bits per heavy atom. The fraction of sp³-hybridized carbons (Fsp3) is 0.500. The molecular weight excluding hydrogens is 450 g/mol. The van der Waals surface area contributed by atoms with E-state index in [2.05, 4.69) is 25.6 Å². The molecule has 0 amide bonds. The Morgan fingerprint density at radius 2 is 2.03 bits per heavy atom. The first kappa shape index (κ1) is 21.8. The maximum absolute atomic E-state index is 11.4. The molecule has 3 aliphatic carbocycles. The number of carbonyl (C=O) groups is 1. The zero-order valence-electron chi connectivity index (χ0n) is 19.6. The number of fused-ring (bicyclic) bond motifs is 1. The van der Waals surface area contributed by atoms with Crippen molar-refractivity contribution < 1.29 is 19.4 Å². The average molecular weight is 478 g/mol. The van der Waals surface area contributed by atoms with Crippen LogP contribution in [0.2, 0.25) is 0 Å². The molecule has 3 saturated carbocycles. The van der Waals surface area contributed by atoms with E-state index in [0.29, 0.717) is 35.5 Å². The smallest absolute Gasteiger partial charge is 0.307 e. The standard InChI is InChI=1S/C24H27N7O4/c1-12-17(35-18-7-5-14-20(18)21(14)23(32)33)8-6-15(27-12)22-16(31(2)30-29-22)11-26-24-25-10-9-19(28-24)34-13-3-4-13/h6,8-10,13-14,18,20-21H,3-5,7,11H2,1-2H3,(H,32,33)(H,25,26,28)/t14-,18?,20-,21?/m1/s1. The number of carboxylic acid groups (broad SMARTS) is 1. The zero-order valence-corrected chi connectivity index (χ0v) is 19.6. The Labute approximate surface area is 201 Å². The van der Waals surface area contributed by atoms with Crippen LogP contribution >= 0.6 is 0 Å². The Bertz CT molecular complexity index is 1270. The summed E-state index contributed by atoms with van der Waals surface area (Å²) in [7, 11) is 1.83. The molecule has 11 nitrogen and oxygen atoms in total. The highest BCUT2D eigenvalue weighted by atomic mass is 16.5. The molecule has 182 valence electrons. The van der Waals surface area contributed by atoms with Gasteiger partial charge in [-0.15, -0.1) is 5.10 Å². The lowest BCUT2D eigenvalue weighted by Gasteiger charge is -2.18. The van der Waals surface area contributed by atoms with E-state index < -0.39 is 5.97 Å².